The number of anilines is 1. The Balaban J connectivity index is 1.74. The van der Waals surface area contributed by atoms with Crippen molar-refractivity contribution in [1.82, 2.24) is 9.88 Å². The average molecular weight is 276 g/mol. The van der Waals surface area contributed by atoms with Gasteiger partial charge >= 0.3 is 6.09 Å². The lowest BCUT2D eigenvalue weighted by Gasteiger charge is -2.30. The highest BCUT2D eigenvalue weighted by Crippen LogP contribution is 2.22. The number of fused-ring (bicyclic) bond motifs is 1. The average Bonchev–Trinajstić information content (AvgIpc) is 2.96. The molecule has 1 aromatic rings. The summed E-state index contributed by atoms with van der Waals surface area (Å²) in [6.45, 7) is 2.33. The number of methoxy groups -OCH3 is 1. The Morgan fingerprint density at radius 3 is 3.30 bits per heavy atom. The van der Waals surface area contributed by atoms with Gasteiger partial charge < -0.3 is 19.9 Å². The number of hydrogen-bond donors (Lipinski definition) is 2. The van der Waals surface area contributed by atoms with Gasteiger partial charge in [0.15, 0.2) is 0 Å². The molecule has 0 aromatic carbocycles. The summed E-state index contributed by atoms with van der Waals surface area (Å²) in [7, 11) is 1.43. The van der Waals surface area contributed by atoms with Crippen LogP contribution in [0.4, 0.5) is 10.6 Å². The monoisotopic (exact) mass is 276 g/mol. The Morgan fingerprint density at radius 1 is 1.55 bits per heavy atom. The van der Waals surface area contributed by atoms with Gasteiger partial charge in [-0.1, -0.05) is 0 Å². The number of hydrogen-bond acceptors (Lipinski definition) is 4. The van der Waals surface area contributed by atoms with E-state index in [1.165, 1.54) is 7.11 Å². The van der Waals surface area contributed by atoms with Crippen molar-refractivity contribution >= 4 is 17.6 Å². The summed E-state index contributed by atoms with van der Waals surface area (Å²) in [5.41, 5.74) is 2.29. The first kappa shape index (κ1) is 13.0. The Hall–Kier alpha value is -1.98. The van der Waals surface area contributed by atoms with Crippen LogP contribution in [-0.4, -0.2) is 54.5 Å². The van der Waals surface area contributed by atoms with Crippen LogP contribution < -0.4 is 5.32 Å². The fourth-order valence-corrected chi connectivity index (χ4v) is 2.91. The smallest absolute Gasteiger partial charge is 0.409 e. The van der Waals surface area contributed by atoms with Crippen molar-refractivity contribution in [2.24, 2.45) is 4.99 Å². The van der Waals surface area contributed by atoms with Crippen molar-refractivity contribution in [2.45, 2.75) is 25.3 Å². The summed E-state index contributed by atoms with van der Waals surface area (Å²) in [6, 6.07) is 2.24. The first-order valence-corrected chi connectivity index (χ1v) is 7.09. The van der Waals surface area contributed by atoms with E-state index in [2.05, 4.69) is 16.4 Å². The summed E-state index contributed by atoms with van der Waals surface area (Å²) in [5, 5.41) is 3.33. The van der Waals surface area contributed by atoms with E-state index in [4.69, 9.17) is 9.73 Å². The van der Waals surface area contributed by atoms with Crippen LogP contribution >= 0.6 is 0 Å². The maximum absolute atomic E-state index is 11.6. The van der Waals surface area contributed by atoms with E-state index in [1.54, 1.807) is 4.90 Å². The Bertz CT molecular complexity index is 523. The third-order valence-corrected chi connectivity index (χ3v) is 3.89. The molecule has 2 aliphatic heterocycles. The maximum Gasteiger partial charge on any atom is 0.409 e. The third-order valence-electron chi connectivity index (χ3n) is 3.89. The van der Waals surface area contributed by atoms with Crippen molar-refractivity contribution in [3.63, 3.8) is 0 Å². The Kier molecular flexibility index (Phi) is 3.62. The number of amides is 1. The SMILES string of the molecule is COC(=O)N1CCCC(N=C2CCNc3[nH]ccc32)C1. The number of ether oxygens (including phenoxy) is 1. The van der Waals surface area contributed by atoms with Crippen LogP contribution in [-0.2, 0) is 4.74 Å². The number of nitrogens with one attached hydrogen (secondary N) is 2. The van der Waals surface area contributed by atoms with E-state index >= 15 is 0 Å². The molecule has 0 saturated carbocycles. The fourth-order valence-electron chi connectivity index (χ4n) is 2.91. The van der Waals surface area contributed by atoms with Gasteiger partial charge in [-0.05, 0) is 18.9 Å². The Morgan fingerprint density at radius 2 is 2.45 bits per heavy atom. The van der Waals surface area contributed by atoms with Crippen LogP contribution in [0.1, 0.15) is 24.8 Å². The van der Waals surface area contributed by atoms with Gasteiger partial charge in [0, 0.05) is 43.5 Å². The predicted octanol–water partition coefficient (Wildman–Crippen LogP) is 1.85. The van der Waals surface area contributed by atoms with Gasteiger partial charge in [-0.25, -0.2) is 4.79 Å². The van der Waals surface area contributed by atoms with Crippen LogP contribution in [0.5, 0.6) is 0 Å². The molecule has 1 unspecified atom stereocenters. The lowest BCUT2D eigenvalue weighted by atomic mass is 10.0. The molecule has 2 N–H and O–H groups in total. The molecule has 1 atom stereocenters. The standard InChI is InChI=1S/C14H20N4O2/c1-20-14(19)18-8-2-3-10(9-18)17-12-5-7-16-13-11(12)4-6-15-13/h4,6,10,15-16H,2-3,5,7-9H2,1H3. The fraction of sp³-hybridized carbons (Fsp3) is 0.571. The van der Waals surface area contributed by atoms with Crippen molar-refractivity contribution < 1.29 is 9.53 Å². The van der Waals surface area contributed by atoms with Gasteiger partial charge in [0.2, 0.25) is 0 Å². The number of piperidine rings is 1. The number of carbonyl (C=O) groups is 1. The summed E-state index contributed by atoms with van der Waals surface area (Å²) < 4.78 is 4.80. The number of nitrogens with zero attached hydrogens (tertiary/aromatic N) is 2. The van der Waals surface area contributed by atoms with Crippen molar-refractivity contribution in [2.75, 3.05) is 32.1 Å². The molecular weight excluding hydrogens is 256 g/mol. The number of aliphatic imine (C=N–C) groups is 1. The second kappa shape index (κ2) is 5.56. The molecule has 0 spiro atoms. The largest absolute Gasteiger partial charge is 0.453 e. The van der Waals surface area contributed by atoms with Crippen LogP contribution in [0.15, 0.2) is 17.3 Å². The van der Waals surface area contributed by atoms with E-state index < -0.39 is 0 Å². The van der Waals surface area contributed by atoms with Gasteiger partial charge in [0.05, 0.1) is 13.2 Å². The third kappa shape index (κ3) is 2.50. The van der Waals surface area contributed by atoms with Crippen molar-refractivity contribution in [3.05, 3.63) is 17.8 Å². The minimum Gasteiger partial charge on any atom is -0.453 e. The highest BCUT2D eigenvalue weighted by Gasteiger charge is 2.25. The molecule has 6 heteroatoms. The molecule has 3 rings (SSSR count). The van der Waals surface area contributed by atoms with Gasteiger partial charge in [-0.15, -0.1) is 0 Å². The second-order valence-corrected chi connectivity index (χ2v) is 5.23. The number of aromatic nitrogens is 1. The molecule has 1 fully saturated rings. The first-order valence-electron chi connectivity index (χ1n) is 7.09. The summed E-state index contributed by atoms with van der Waals surface area (Å²) >= 11 is 0. The highest BCUT2D eigenvalue weighted by atomic mass is 16.5. The molecule has 6 nitrogen and oxygen atoms in total. The number of H-pyrrole nitrogens is 1. The minimum absolute atomic E-state index is 0.179. The number of likely N-dealkylation sites (tertiary alicyclic amines) is 1. The number of carbonyl (C=O) groups excluding carboxylic acids is 1. The molecule has 1 aromatic heterocycles. The van der Waals surface area contributed by atoms with Crippen LogP contribution in [0.25, 0.3) is 0 Å². The zero-order valence-corrected chi connectivity index (χ0v) is 11.7. The van der Waals surface area contributed by atoms with Crippen molar-refractivity contribution in [1.29, 1.82) is 0 Å². The van der Waals surface area contributed by atoms with Crippen LogP contribution in [0, 0.1) is 0 Å². The van der Waals surface area contributed by atoms with E-state index in [9.17, 15) is 4.79 Å². The molecular formula is C14H20N4O2. The lowest BCUT2D eigenvalue weighted by molar-refractivity contribution is 0.111. The zero-order chi connectivity index (χ0) is 13.9. The lowest BCUT2D eigenvalue weighted by Crippen LogP contribution is -2.42. The van der Waals surface area contributed by atoms with Crippen molar-refractivity contribution in [3.8, 4) is 0 Å². The summed E-state index contributed by atoms with van der Waals surface area (Å²) in [5.74, 6) is 1.05. The van der Waals surface area contributed by atoms with E-state index in [0.717, 1.165) is 49.4 Å². The topological polar surface area (TPSA) is 69.7 Å². The van der Waals surface area contributed by atoms with E-state index in [1.807, 2.05) is 6.20 Å². The quantitative estimate of drug-likeness (QED) is 0.822. The van der Waals surface area contributed by atoms with Gasteiger partial charge in [0.25, 0.3) is 0 Å². The van der Waals surface area contributed by atoms with E-state index in [-0.39, 0.29) is 12.1 Å². The minimum atomic E-state index is -0.248. The first-order chi connectivity index (χ1) is 9.78. The molecule has 0 bridgehead atoms. The van der Waals surface area contributed by atoms with Gasteiger partial charge in [-0.2, -0.15) is 0 Å². The molecule has 2 aliphatic rings. The van der Waals surface area contributed by atoms with E-state index in [0.29, 0.717) is 6.54 Å². The number of aromatic amines is 1. The summed E-state index contributed by atoms with van der Waals surface area (Å²) in [6.07, 6.45) is 4.63. The molecule has 108 valence electrons. The molecule has 0 aliphatic carbocycles. The number of rotatable bonds is 1. The normalized spacial score (nSPS) is 24.1. The van der Waals surface area contributed by atoms with Gasteiger partial charge in [0.1, 0.15) is 5.82 Å². The van der Waals surface area contributed by atoms with Gasteiger partial charge in [-0.3, -0.25) is 4.99 Å². The highest BCUT2D eigenvalue weighted by molar-refractivity contribution is 6.06. The molecule has 0 radical (unpaired) electrons. The summed E-state index contributed by atoms with van der Waals surface area (Å²) in [4.78, 5) is 21.4. The van der Waals surface area contributed by atoms with Crippen LogP contribution in [0.2, 0.25) is 0 Å². The Labute approximate surface area is 118 Å². The molecule has 1 amide bonds. The van der Waals surface area contributed by atoms with Crippen LogP contribution in [0.3, 0.4) is 0 Å². The predicted molar refractivity (Wildman–Crippen MR) is 77.4 cm³/mol. The zero-order valence-electron chi connectivity index (χ0n) is 11.7. The molecule has 1 saturated heterocycles. The molecule has 3 heterocycles. The molecule has 20 heavy (non-hydrogen) atoms. The maximum atomic E-state index is 11.6. The second-order valence-electron chi connectivity index (χ2n) is 5.23.